The molecule has 1 aliphatic heterocycles. The molecule has 1 amide bonds. The van der Waals surface area contributed by atoms with E-state index in [1.807, 2.05) is 18.2 Å². The molecule has 0 unspecified atom stereocenters. The second-order valence-electron chi connectivity index (χ2n) is 5.87. The molecule has 0 radical (unpaired) electrons. The summed E-state index contributed by atoms with van der Waals surface area (Å²) in [4.78, 5) is 18.9. The molecule has 2 heterocycles. The van der Waals surface area contributed by atoms with Crippen LogP contribution < -0.4 is 10.6 Å². The number of fused-ring (bicyclic) bond motifs is 1. The molecule has 23 heavy (non-hydrogen) atoms. The fraction of sp³-hybridized carbons (Fsp3) is 0.529. The third-order valence-electron chi connectivity index (χ3n) is 4.09. The Kier molecular flexibility index (Phi) is 5.96. The highest BCUT2D eigenvalue weighted by Crippen LogP contribution is 2.22. The summed E-state index contributed by atoms with van der Waals surface area (Å²) >= 11 is 1.73. The van der Waals surface area contributed by atoms with Crippen LogP contribution in [0.25, 0.3) is 10.2 Å². The molecule has 0 bridgehead atoms. The number of hydrogen-bond acceptors (Lipinski definition) is 5. The number of benzene rings is 1. The first-order valence-electron chi connectivity index (χ1n) is 8.35. The number of carbonyl (C=O) groups is 1. The van der Waals surface area contributed by atoms with Crippen LogP contribution in [0, 0.1) is 0 Å². The zero-order chi connectivity index (χ0) is 15.9. The molecule has 1 saturated heterocycles. The molecule has 5 nitrogen and oxygen atoms in total. The van der Waals surface area contributed by atoms with Crippen LogP contribution in [0.4, 0.5) is 0 Å². The summed E-state index contributed by atoms with van der Waals surface area (Å²) < 4.78 is 1.22. The highest BCUT2D eigenvalue weighted by molar-refractivity contribution is 7.18. The smallest absolute Gasteiger partial charge is 0.220 e. The number of hydrogen-bond donors (Lipinski definition) is 2. The Morgan fingerprint density at radius 1 is 1.30 bits per heavy atom. The van der Waals surface area contributed by atoms with Crippen LogP contribution in [0.2, 0.25) is 0 Å². The minimum Gasteiger partial charge on any atom is -0.355 e. The van der Waals surface area contributed by atoms with Crippen molar-refractivity contribution in [2.75, 3.05) is 39.3 Å². The van der Waals surface area contributed by atoms with Crippen molar-refractivity contribution in [3.8, 4) is 0 Å². The molecule has 124 valence electrons. The van der Waals surface area contributed by atoms with Gasteiger partial charge >= 0.3 is 0 Å². The number of para-hydroxylation sites is 1. The molecule has 1 fully saturated rings. The van der Waals surface area contributed by atoms with E-state index in [4.69, 9.17) is 0 Å². The minimum atomic E-state index is 0.154. The van der Waals surface area contributed by atoms with Crippen molar-refractivity contribution in [1.29, 1.82) is 0 Å². The third-order valence-corrected chi connectivity index (χ3v) is 5.19. The van der Waals surface area contributed by atoms with Crippen LogP contribution in [0.15, 0.2) is 24.3 Å². The van der Waals surface area contributed by atoms with Gasteiger partial charge in [-0.2, -0.15) is 0 Å². The number of nitrogens with one attached hydrogen (secondary N) is 2. The van der Waals surface area contributed by atoms with E-state index in [-0.39, 0.29) is 5.91 Å². The third kappa shape index (κ3) is 4.99. The molecule has 2 N–H and O–H groups in total. The van der Waals surface area contributed by atoms with E-state index in [2.05, 4.69) is 26.6 Å². The van der Waals surface area contributed by atoms with Crippen molar-refractivity contribution >= 4 is 27.5 Å². The van der Waals surface area contributed by atoms with Crippen molar-refractivity contribution in [3.63, 3.8) is 0 Å². The summed E-state index contributed by atoms with van der Waals surface area (Å²) in [5.74, 6) is 0.154. The molecular weight excluding hydrogens is 308 g/mol. The lowest BCUT2D eigenvalue weighted by Gasteiger charge is -2.27. The van der Waals surface area contributed by atoms with Gasteiger partial charge in [-0.3, -0.25) is 9.69 Å². The van der Waals surface area contributed by atoms with E-state index < -0.39 is 0 Å². The number of aromatic nitrogens is 1. The van der Waals surface area contributed by atoms with E-state index in [0.29, 0.717) is 6.42 Å². The lowest BCUT2D eigenvalue weighted by atomic mass is 10.2. The lowest BCUT2D eigenvalue weighted by Crippen LogP contribution is -2.46. The lowest BCUT2D eigenvalue weighted by molar-refractivity contribution is -0.121. The fourth-order valence-electron chi connectivity index (χ4n) is 2.80. The average Bonchev–Trinajstić information content (AvgIpc) is 2.98. The Bertz CT molecular complexity index is 603. The summed E-state index contributed by atoms with van der Waals surface area (Å²) in [5, 5.41) is 7.48. The first-order chi connectivity index (χ1) is 11.3. The van der Waals surface area contributed by atoms with Crippen LogP contribution in [-0.4, -0.2) is 55.1 Å². The largest absolute Gasteiger partial charge is 0.355 e. The molecule has 1 aromatic heterocycles. The summed E-state index contributed by atoms with van der Waals surface area (Å²) in [6, 6.07) is 8.19. The fourth-order valence-corrected chi connectivity index (χ4v) is 3.81. The molecule has 2 aromatic rings. The molecule has 3 rings (SSSR count). The van der Waals surface area contributed by atoms with Gasteiger partial charge in [-0.15, -0.1) is 11.3 Å². The number of nitrogens with zero attached hydrogens (tertiary/aromatic N) is 2. The van der Waals surface area contributed by atoms with E-state index >= 15 is 0 Å². The quantitative estimate of drug-likeness (QED) is 0.809. The number of rotatable bonds is 7. The first kappa shape index (κ1) is 16.4. The van der Waals surface area contributed by atoms with Gasteiger partial charge in [-0.05, 0) is 25.0 Å². The number of amides is 1. The maximum absolute atomic E-state index is 11.9. The van der Waals surface area contributed by atoms with Gasteiger partial charge < -0.3 is 10.6 Å². The number of thiazole rings is 1. The van der Waals surface area contributed by atoms with Gasteiger partial charge in [-0.25, -0.2) is 4.98 Å². The van der Waals surface area contributed by atoms with Gasteiger partial charge in [0.25, 0.3) is 0 Å². The van der Waals surface area contributed by atoms with Crippen molar-refractivity contribution in [3.05, 3.63) is 29.3 Å². The molecule has 1 aromatic carbocycles. The summed E-state index contributed by atoms with van der Waals surface area (Å²) in [6.07, 6.45) is 2.32. The Balaban J connectivity index is 1.32. The Hall–Kier alpha value is -1.50. The van der Waals surface area contributed by atoms with Gasteiger partial charge in [-0.1, -0.05) is 12.1 Å². The van der Waals surface area contributed by atoms with E-state index in [1.54, 1.807) is 11.3 Å². The summed E-state index contributed by atoms with van der Waals surface area (Å²) in [5.41, 5.74) is 1.06. The molecular formula is C17H24N4OS. The van der Waals surface area contributed by atoms with Crippen molar-refractivity contribution in [1.82, 2.24) is 20.5 Å². The second-order valence-corrected chi connectivity index (χ2v) is 6.99. The van der Waals surface area contributed by atoms with Gasteiger partial charge in [0.05, 0.1) is 15.2 Å². The molecule has 0 spiro atoms. The Labute approximate surface area is 141 Å². The zero-order valence-electron chi connectivity index (χ0n) is 13.4. The maximum Gasteiger partial charge on any atom is 0.220 e. The molecule has 6 heteroatoms. The maximum atomic E-state index is 11.9. The van der Waals surface area contributed by atoms with E-state index in [9.17, 15) is 4.79 Å². The monoisotopic (exact) mass is 332 g/mol. The van der Waals surface area contributed by atoms with Gasteiger partial charge in [0, 0.05) is 45.7 Å². The number of carbonyl (C=O) groups excluding carboxylic acids is 1. The number of aryl methyl sites for hydroxylation is 1. The zero-order valence-corrected chi connectivity index (χ0v) is 14.2. The molecule has 1 aliphatic rings. The van der Waals surface area contributed by atoms with Gasteiger partial charge in [0.1, 0.15) is 0 Å². The van der Waals surface area contributed by atoms with Crippen LogP contribution in [0.5, 0.6) is 0 Å². The average molecular weight is 332 g/mol. The highest BCUT2D eigenvalue weighted by Gasteiger charge is 2.09. The summed E-state index contributed by atoms with van der Waals surface area (Å²) in [7, 11) is 0. The Morgan fingerprint density at radius 2 is 2.13 bits per heavy atom. The Morgan fingerprint density at radius 3 is 2.96 bits per heavy atom. The normalized spacial score (nSPS) is 15.8. The molecule has 0 atom stereocenters. The van der Waals surface area contributed by atoms with Crippen LogP contribution >= 0.6 is 11.3 Å². The van der Waals surface area contributed by atoms with E-state index in [1.165, 1.54) is 4.70 Å². The van der Waals surface area contributed by atoms with Gasteiger partial charge in [0.15, 0.2) is 0 Å². The van der Waals surface area contributed by atoms with Crippen LogP contribution in [0.3, 0.4) is 0 Å². The highest BCUT2D eigenvalue weighted by atomic mass is 32.1. The van der Waals surface area contributed by atoms with Crippen LogP contribution in [-0.2, 0) is 11.2 Å². The van der Waals surface area contributed by atoms with Crippen molar-refractivity contribution < 1.29 is 4.79 Å². The summed E-state index contributed by atoms with van der Waals surface area (Å²) in [6.45, 7) is 5.96. The predicted octanol–water partition coefficient (Wildman–Crippen LogP) is 1.64. The first-order valence-corrected chi connectivity index (χ1v) is 9.17. The number of piperazine rings is 1. The van der Waals surface area contributed by atoms with E-state index in [0.717, 1.165) is 62.6 Å². The van der Waals surface area contributed by atoms with Gasteiger partial charge in [0.2, 0.25) is 5.91 Å². The topological polar surface area (TPSA) is 57.3 Å². The van der Waals surface area contributed by atoms with Crippen LogP contribution in [0.1, 0.15) is 17.8 Å². The standard InChI is InChI=1S/C17H24N4OS/c22-16(19-10-13-21-11-8-18-9-12-21)6-3-7-17-20-14-4-1-2-5-15(14)23-17/h1-2,4-5,18H,3,6-13H2,(H,19,22). The van der Waals surface area contributed by atoms with Crippen molar-refractivity contribution in [2.24, 2.45) is 0 Å². The predicted molar refractivity (Wildman–Crippen MR) is 94.9 cm³/mol. The molecule has 0 aliphatic carbocycles. The van der Waals surface area contributed by atoms with Crippen molar-refractivity contribution in [2.45, 2.75) is 19.3 Å². The minimum absolute atomic E-state index is 0.154. The molecule has 0 saturated carbocycles. The second kappa shape index (κ2) is 8.38. The SMILES string of the molecule is O=C(CCCc1nc2ccccc2s1)NCCN1CCNCC1.